The number of ether oxygens (including phenoxy) is 1. The number of amides is 2. The Labute approximate surface area is 127 Å². The van der Waals surface area contributed by atoms with E-state index in [4.69, 9.17) is 4.74 Å². The number of urea groups is 1. The molecule has 2 atom stereocenters. The van der Waals surface area contributed by atoms with Crippen LogP contribution in [0.4, 0.5) is 4.79 Å². The van der Waals surface area contributed by atoms with E-state index in [2.05, 4.69) is 15.1 Å². The molecule has 2 bridgehead atoms. The number of carbonyl (C=O) groups is 1. The molecule has 4 fully saturated rings. The topological polar surface area (TPSA) is 44.8 Å². The van der Waals surface area contributed by atoms with Gasteiger partial charge in [0.25, 0.3) is 0 Å². The predicted molar refractivity (Wildman–Crippen MR) is 80.2 cm³/mol. The molecule has 5 heteroatoms. The highest BCUT2D eigenvalue weighted by molar-refractivity contribution is 5.78. The third-order valence-electron chi connectivity index (χ3n) is 6.16. The van der Waals surface area contributed by atoms with Crippen molar-refractivity contribution in [3.8, 4) is 0 Å². The maximum atomic E-state index is 12.7. The monoisotopic (exact) mass is 293 g/mol. The van der Waals surface area contributed by atoms with Gasteiger partial charge in [0, 0.05) is 45.4 Å². The lowest BCUT2D eigenvalue weighted by Gasteiger charge is -2.42. The van der Waals surface area contributed by atoms with Gasteiger partial charge in [-0.15, -0.1) is 0 Å². The van der Waals surface area contributed by atoms with Gasteiger partial charge in [-0.2, -0.15) is 0 Å². The van der Waals surface area contributed by atoms with Gasteiger partial charge < -0.3 is 19.9 Å². The van der Waals surface area contributed by atoms with E-state index >= 15 is 0 Å². The van der Waals surface area contributed by atoms with E-state index in [1.165, 1.54) is 12.8 Å². The molecular weight excluding hydrogens is 266 g/mol. The summed E-state index contributed by atoms with van der Waals surface area (Å²) in [5.41, 5.74) is 0.0966. The van der Waals surface area contributed by atoms with Crippen molar-refractivity contribution in [3.63, 3.8) is 0 Å². The van der Waals surface area contributed by atoms with Crippen LogP contribution < -0.4 is 5.32 Å². The van der Waals surface area contributed by atoms with Crippen molar-refractivity contribution in [1.29, 1.82) is 0 Å². The molecule has 4 saturated heterocycles. The van der Waals surface area contributed by atoms with Crippen LogP contribution in [-0.2, 0) is 4.74 Å². The molecule has 0 aromatic carbocycles. The summed E-state index contributed by atoms with van der Waals surface area (Å²) in [7, 11) is 2.02. The highest BCUT2D eigenvalue weighted by Crippen LogP contribution is 2.41. The first kappa shape index (κ1) is 13.8. The summed E-state index contributed by atoms with van der Waals surface area (Å²) in [6.07, 6.45) is 7.05. The first-order valence-corrected chi connectivity index (χ1v) is 8.53. The van der Waals surface area contributed by atoms with E-state index in [-0.39, 0.29) is 11.6 Å². The van der Waals surface area contributed by atoms with E-state index in [0.29, 0.717) is 18.0 Å². The highest BCUT2D eigenvalue weighted by atomic mass is 16.5. The first-order chi connectivity index (χ1) is 10.2. The number of likely N-dealkylation sites (N-methyl/N-ethyl adjacent to an activating group) is 1. The number of rotatable bonds is 2. The third-order valence-corrected chi connectivity index (χ3v) is 6.16. The van der Waals surface area contributed by atoms with Crippen LogP contribution in [0.2, 0.25) is 0 Å². The maximum Gasteiger partial charge on any atom is 0.320 e. The Hall–Kier alpha value is -0.810. The molecule has 0 aromatic heterocycles. The zero-order valence-electron chi connectivity index (χ0n) is 13.0. The first-order valence-electron chi connectivity index (χ1n) is 8.53. The molecule has 4 rings (SSSR count). The molecule has 4 heterocycles. The second-order valence-electron chi connectivity index (χ2n) is 7.55. The molecule has 1 N–H and O–H groups in total. The average Bonchev–Trinajstić information content (AvgIpc) is 2.94. The second kappa shape index (κ2) is 5.13. The minimum absolute atomic E-state index is 0.0966. The van der Waals surface area contributed by atoms with Crippen molar-refractivity contribution in [2.24, 2.45) is 5.92 Å². The fourth-order valence-corrected chi connectivity index (χ4v) is 4.96. The fourth-order valence-electron chi connectivity index (χ4n) is 4.96. The zero-order valence-corrected chi connectivity index (χ0v) is 13.0. The summed E-state index contributed by atoms with van der Waals surface area (Å²) in [4.78, 5) is 16.9. The Balaban J connectivity index is 1.46. The molecular formula is C16H27N3O2. The van der Waals surface area contributed by atoms with Crippen molar-refractivity contribution in [1.82, 2.24) is 15.1 Å². The Morgan fingerprint density at radius 2 is 1.86 bits per heavy atom. The molecule has 4 aliphatic heterocycles. The Morgan fingerprint density at radius 3 is 2.52 bits per heavy atom. The van der Waals surface area contributed by atoms with Gasteiger partial charge in [0.15, 0.2) is 0 Å². The summed E-state index contributed by atoms with van der Waals surface area (Å²) in [6, 6.07) is 1.51. The average molecular weight is 293 g/mol. The summed E-state index contributed by atoms with van der Waals surface area (Å²) in [5.74, 6) is 0.629. The van der Waals surface area contributed by atoms with Crippen molar-refractivity contribution in [3.05, 3.63) is 0 Å². The van der Waals surface area contributed by atoms with Crippen LogP contribution in [0.3, 0.4) is 0 Å². The van der Waals surface area contributed by atoms with Crippen LogP contribution in [0.1, 0.15) is 38.5 Å². The van der Waals surface area contributed by atoms with Crippen LogP contribution in [0.25, 0.3) is 0 Å². The second-order valence-corrected chi connectivity index (χ2v) is 7.55. The summed E-state index contributed by atoms with van der Waals surface area (Å²) in [5, 5.41) is 3.70. The number of hydrogen-bond acceptors (Lipinski definition) is 3. The molecule has 1 spiro atoms. The Bertz CT molecular complexity index is 410. The van der Waals surface area contributed by atoms with E-state index < -0.39 is 0 Å². The van der Waals surface area contributed by atoms with Crippen molar-refractivity contribution in [2.75, 3.05) is 33.4 Å². The van der Waals surface area contributed by atoms with Gasteiger partial charge in [-0.1, -0.05) is 0 Å². The largest absolute Gasteiger partial charge is 0.381 e. The highest BCUT2D eigenvalue weighted by Gasteiger charge is 2.53. The molecule has 118 valence electrons. The molecule has 0 aromatic rings. The number of fused-ring (bicyclic) bond motifs is 2. The molecule has 5 nitrogen and oxygen atoms in total. The van der Waals surface area contributed by atoms with Crippen LogP contribution in [0, 0.1) is 5.92 Å². The van der Waals surface area contributed by atoms with Gasteiger partial charge in [0.2, 0.25) is 0 Å². The van der Waals surface area contributed by atoms with Crippen LogP contribution in [0.15, 0.2) is 0 Å². The lowest BCUT2D eigenvalue weighted by atomic mass is 9.83. The van der Waals surface area contributed by atoms with Gasteiger partial charge in [0.1, 0.15) is 0 Å². The quantitative estimate of drug-likeness (QED) is 0.838. The van der Waals surface area contributed by atoms with E-state index in [1.807, 2.05) is 7.05 Å². The van der Waals surface area contributed by atoms with Gasteiger partial charge in [-0.3, -0.25) is 0 Å². The number of hydrogen-bond donors (Lipinski definition) is 1. The number of nitrogens with one attached hydrogen (secondary N) is 1. The molecule has 0 aliphatic carbocycles. The SMILES string of the molecule is CN1C(=O)N(CC2CCOCC2)CC12CC1CCC(C2)N1. The lowest BCUT2D eigenvalue weighted by molar-refractivity contribution is 0.0571. The minimum Gasteiger partial charge on any atom is -0.381 e. The summed E-state index contributed by atoms with van der Waals surface area (Å²) in [6.45, 7) is 3.59. The summed E-state index contributed by atoms with van der Waals surface area (Å²) >= 11 is 0. The Morgan fingerprint density at radius 1 is 1.19 bits per heavy atom. The Kier molecular flexibility index (Phi) is 3.38. The number of carbonyl (C=O) groups excluding carboxylic acids is 1. The molecule has 4 aliphatic rings. The van der Waals surface area contributed by atoms with E-state index in [0.717, 1.165) is 52.0 Å². The standard InChI is InChI=1S/C16H27N3O2/c1-18-15(20)19(10-12-4-6-21-7-5-12)11-16(18)8-13-2-3-14(9-16)17-13/h12-14,17H,2-11H2,1H3. The third kappa shape index (κ3) is 2.34. The van der Waals surface area contributed by atoms with E-state index in [9.17, 15) is 4.79 Å². The predicted octanol–water partition coefficient (Wildman–Crippen LogP) is 1.43. The van der Waals surface area contributed by atoms with Crippen LogP contribution in [-0.4, -0.2) is 66.8 Å². The molecule has 2 unspecified atom stereocenters. The molecule has 0 radical (unpaired) electrons. The van der Waals surface area contributed by atoms with Gasteiger partial charge in [0.05, 0.1) is 5.54 Å². The number of nitrogens with zero attached hydrogens (tertiary/aromatic N) is 2. The number of piperidine rings is 1. The van der Waals surface area contributed by atoms with Crippen LogP contribution in [0.5, 0.6) is 0 Å². The normalized spacial score (nSPS) is 40.5. The summed E-state index contributed by atoms with van der Waals surface area (Å²) < 4.78 is 5.44. The lowest BCUT2D eigenvalue weighted by Crippen LogP contribution is -2.56. The van der Waals surface area contributed by atoms with Gasteiger partial charge in [-0.25, -0.2) is 4.79 Å². The molecule has 2 amide bonds. The van der Waals surface area contributed by atoms with Crippen LogP contribution >= 0.6 is 0 Å². The zero-order chi connectivity index (χ0) is 14.4. The van der Waals surface area contributed by atoms with Gasteiger partial charge >= 0.3 is 6.03 Å². The fraction of sp³-hybridized carbons (Fsp3) is 0.938. The molecule has 0 saturated carbocycles. The van der Waals surface area contributed by atoms with Crippen molar-refractivity contribution >= 4 is 6.03 Å². The minimum atomic E-state index is 0.0966. The van der Waals surface area contributed by atoms with Crippen molar-refractivity contribution in [2.45, 2.75) is 56.1 Å². The van der Waals surface area contributed by atoms with Gasteiger partial charge in [-0.05, 0) is 44.4 Å². The smallest absolute Gasteiger partial charge is 0.320 e. The van der Waals surface area contributed by atoms with E-state index in [1.54, 1.807) is 0 Å². The van der Waals surface area contributed by atoms with Crippen molar-refractivity contribution < 1.29 is 9.53 Å². The maximum absolute atomic E-state index is 12.7. The molecule has 21 heavy (non-hydrogen) atoms.